The highest BCUT2D eigenvalue weighted by Crippen LogP contribution is 2.36. The molecule has 2 fully saturated rings. The van der Waals surface area contributed by atoms with E-state index >= 15 is 0 Å². The third-order valence-electron chi connectivity index (χ3n) is 3.87. The van der Waals surface area contributed by atoms with Gasteiger partial charge in [0.15, 0.2) is 5.15 Å². The van der Waals surface area contributed by atoms with Gasteiger partial charge in [-0.2, -0.15) is 21.4 Å². The van der Waals surface area contributed by atoms with Crippen molar-refractivity contribution in [1.29, 1.82) is 5.26 Å². The summed E-state index contributed by atoms with van der Waals surface area (Å²) in [5.74, 6) is 2.20. The lowest BCUT2D eigenvalue weighted by Gasteiger charge is -2.32. The van der Waals surface area contributed by atoms with Gasteiger partial charge in [0, 0.05) is 31.1 Å². The van der Waals surface area contributed by atoms with Crippen LogP contribution in [0.2, 0.25) is 5.15 Å². The number of hydrogen-bond donors (Lipinski definition) is 0. The van der Waals surface area contributed by atoms with Crippen molar-refractivity contribution in [2.75, 3.05) is 36.0 Å². The normalized spacial score (nSPS) is 22.4. The van der Waals surface area contributed by atoms with Crippen LogP contribution >= 0.6 is 34.9 Å². The van der Waals surface area contributed by atoms with Crippen LogP contribution in [-0.4, -0.2) is 52.4 Å². The van der Waals surface area contributed by atoms with Gasteiger partial charge in [-0.05, 0) is 24.4 Å². The van der Waals surface area contributed by atoms with Crippen LogP contribution in [0.1, 0.15) is 18.4 Å². The number of hydrogen-bond acceptors (Lipinski definition) is 6. The third kappa shape index (κ3) is 2.85. The second-order valence-corrected chi connectivity index (χ2v) is 7.39. The lowest BCUT2D eigenvalue weighted by Crippen LogP contribution is -2.48. The molecule has 1 aromatic heterocycles. The lowest BCUT2D eigenvalue weighted by molar-refractivity contribution is -0.132. The van der Waals surface area contributed by atoms with E-state index in [1.54, 1.807) is 0 Å². The summed E-state index contributed by atoms with van der Waals surface area (Å²) in [5, 5.41) is 10.2. The zero-order valence-electron chi connectivity index (χ0n) is 11.4. The summed E-state index contributed by atoms with van der Waals surface area (Å²) in [7, 11) is 0. The van der Waals surface area contributed by atoms with E-state index in [1.807, 2.05) is 21.6 Å². The molecule has 0 bridgehead atoms. The van der Waals surface area contributed by atoms with Crippen LogP contribution in [0.4, 0.5) is 5.00 Å². The average molecular weight is 343 g/mol. The molecule has 0 aromatic carbocycles. The number of halogens is 1. The number of rotatable bonds is 2. The number of nitriles is 1. The number of carbonyl (C=O) groups is 1. The summed E-state index contributed by atoms with van der Waals surface area (Å²) in [6, 6.07) is 1.94. The van der Waals surface area contributed by atoms with Gasteiger partial charge in [-0.25, -0.2) is 0 Å². The molecule has 1 aromatic rings. The molecule has 112 valence electrons. The largest absolute Gasteiger partial charge is 0.349 e. The predicted octanol–water partition coefficient (Wildman–Crippen LogP) is 2.21. The van der Waals surface area contributed by atoms with Crippen LogP contribution in [0.25, 0.3) is 0 Å². The number of thioether (sulfide) groups is 1. The Kier molecular flexibility index (Phi) is 4.57. The molecule has 3 heterocycles. The zero-order chi connectivity index (χ0) is 14.8. The smallest absolute Gasteiger partial charge is 0.245 e. The molecule has 0 radical (unpaired) electrons. The van der Waals surface area contributed by atoms with Crippen LogP contribution < -0.4 is 4.90 Å². The SMILES string of the molecule is N#Cc1c(Cl)nsc1N1CCC[C@H]1C(=O)N1CCSCC1. The highest BCUT2D eigenvalue weighted by molar-refractivity contribution is 7.99. The average Bonchev–Trinajstić information content (AvgIpc) is 3.13. The van der Waals surface area contributed by atoms with Crippen LogP contribution in [0, 0.1) is 11.3 Å². The summed E-state index contributed by atoms with van der Waals surface area (Å²) < 4.78 is 4.05. The van der Waals surface area contributed by atoms with Gasteiger partial charge in [-0.1, -0.05) is 11.6 Å². The van der Waals surface area contributed by atoms with Crippen LogP contribution in [0.3, 0.4) is 0 Å². The molecule has 2 aliphatic rings. The fourth-order valence-electron chi connectivity index (χ4n) is 2.81. The van der Waals surface area contributed by atoms with Gasteiger partial charge < -0.3 is 9.80 Å². The Labute approximate surface area is 137 Å². The molecular formula is C13H15ClN4OS2. The van der Waals surface area contributed by atoms with Crippen molar-refractivity contribution in [2.45, 2.75) is 18.9 Å². The van der Waals surface area contributed by atoms with Crippen LogP contribution in [0.15, 0.2) is 0 Å². The third-order valence-corrected chi connectivity index (χ3v) is 6.07. The molecule has 5 nitrogen and oxygen atoms in total. The fraction of sp³-hybridized carbons (Fsp3) is 0.615. The summed E-state index contributed by atoms with van der Waals surface area (Å²) >= 11 is 9.05. The van der Waals surface area contributed by atoms with Crippen molar-refractivity contribution in [1.82, 2.24) is 9.27 Å². The minimum Gasteiger partial charge on any atom is -0.349 e. The first-order chi connectivity index (χ1) is 10.2. The van der Waals surface area contributed by atoms with Crippen LogP contribution in [-0.2, 0) is 4.79 Å². The standard InChI is InChI=1S/C13H15ClN4OS2/c14-11-9(8-15)13(21-16-11)18-3-1-2-10(18)12(19)17-4-6-20-7-5-17/h10H,1-7H2/t10-/m0/s1. The van der Waals surface area contributed by atoms with Crippen molar-refractivity contribution in [3.63, 3.8) is 0 Å². The number of anilines is 1. The van der Waals surface area contributed by atoms with E-state index < -0.39 is 0 Å². The summed E-state index contributed by atoms with van der Waals surface area (Å²) in [6.07, 6.45) is 1.79. The van der Waals surface area contributed by atoms with E-state index in [2.05, 4.69) is 10.4 Å². The Morgan fingerprint density at radius 1 is 1.38 bits per heavy atom. The molecule has 3 rings (SSSR count). The molecule has 2 saturated heterocycles. The van der Waals surface area contributed by atoms with E-state index in [0.29, 0.717) is 5.56 Å². The van der Waals surface area contributed by atoms with Gasteiger partial charge in [-0.15, -0.1) is 0 Å². The second-order valence-electron chi connectivity index (χ2n) is 5.05. The van der Waals surface area contributed by atoms with Crippen molar-refractivity contribution < 1.29 is 4.79 Å². The molecule has 0 saturated carbocycles. The van der Waals surface area contributed by atoms with E-state index in [9.17, 15) is 10.1 Å². The Balaban J connectivity index is 1.82. The molecule has 2 aliphatic heterocycles. The Morgan fingerprint density at radius 2 is 2.14 bits per heavy atom. The second kappa shape index (κ2) is 6.42. The maximum Gasteiger partial charge on any atom is 0.245 e. The molecule has 1 amide bonds. The molecule has 0 unspecified atom stereocenters. The van der Waals surface area contributed by atoms with Gasteiger partial charge in [-0.3, -0.25) is 4.79 Å². The first kappa shape index (κ1) is 14.9. The molecule has 8 heteroatoms. The van der Waals surface area contributed by atoms with Crippen molar-refractivity contribution in [3.05, 3.63) is 10.7 Å². The topological polar surface area (TPSA) is 60.2 Å². The van der Waals surface area contributed by atoms with E-state index in [4.69, 9.17) is 11.6 Å². The molecule has 0 aliphatic carbocycles. The minimum atomic E-state index is -0.170. The zero-order valence-corrected chi connectivity index (χ0v) is 13.8. The summed E-state index contributed by atoms with van der Waals surface area (Å²) in [4.78, 5) is 16.7. The lowest BCUT2D eigenvalue weighted by atomic mass is 10.2. The Morgan fingerprint density at radius 3 is 2.86 bits per heavy atom. The highest BCUT2D eigenvalue weighted by Gasteiger charge is 2.36. The predicted molar refractivity (Wildman–Crippen MR) is 86.1 cm³/mol. The van der Waals surface area contributed by atoms with Crippen molar-refractivity contribution in [2.24, 2.45) is 0 Å². The van der Waals surface area contributed by atoms with Crippen LogP contribution in [0.5, 0.6) is 0 Å². The van der Waals surface area contributed by atoms with E-state index in [1.165, 1.54) is 11.5 Å². The van der Waals surface area contributed by atoms with Gasteiger partial charge in [0.1, 0.15) is 22.7 Å². The fourth-order valence-corrected chi connectivity index (χ4v) is 4.82. The summed E-state index contributed by atoms with van der Waals surface area (Å²) in [6.45, 7) is 2.43. The minimum absolute atomic E-state index is 0.170. The maximum atomic E-state index is 12.7. The first-order valence-electron chi connectivity index (χ1n) is 6.91. The van der Waals surface area contributed by atoms with Gasteiger partial charge in [0.25, 0.3) is 0 Å². The highest BCUT2D eigenvalue weighted by atomic mass is 35.5. The van der Waals surface area contributed by atoms with Gasteiger partial charge in [0.05, 0.1) is 0 Å². The molecular weight excluding hydrogens is 328 g/mol. The number of amides is 1. The molecule has 21 heavy (non-hydrogen) atoms. The molecule has 0 N–H and O–H groups in total. The Bertz CT molecular complexity index is 579. The summed E-state index contributed by atoms with van der Waals surface area (Å²) in [5.41, 5.74) is 0.399. The van der Waals surface area contributed by atoms with Gasteiger partial charge >= 0.3 is 0 Å². The molecule has 1 atom stereocenters. The maximum absolute atomic E-state index is 12.7. The van der Waals surface area contributed by atoms with Gasteiger partial charge in [0.2, 0.25) is 5.91 Å². The quantitative estimate of drug-likeness (QED) is 0.824. The number of nitrogens with zero attached hydrogens (tertiary/aromatic N) is 4. The van der Waals surface area contributed by atoms with Crippen molar-refractivity contribution in [3.8, 4) is 6.07 Å². The molecule has 0 spiro atoms. The monoisotopic (exact) mass is 342 g/mol. The van der Waals surface area contributed by atoms with Crippen molar-refractivity contribution >= 4 is 45.8 Å². The number of carbonyl (C=O) groups excluding carboxylic acids is 1. The van der Waals surface area contributed by atoms with E-state index in [-0.39, 0.29) is 17.1 Å². The van der Waals surface area contributed by atoms with E-state index in [0.717, 1.165) is 49.0 Å². The first-order valence-corrected chi connectivity index (χ1v) is 9.21. The Hall–Kier alpha value is -0.970. The number of aromatic nitrogens is 1.